The number of hydrogen-bond acceptors (Lipinski definition) is 4. The minimum Gasteiger partial charge on any atom is -0.356 e. The van der Waals surface area contributed by atoms with Crippen LogP contribution in [0.15, 0.2) is 10.4 Å². The van der Waals surface area contributed by atoms with Gasteiger partial charge in [-0.2, -0.15) is 13.2 Å². The molecule has 1 N–H and O–H groups in total. The van der Waals surface area contributed by atoms with Crippen LogP contribution in [-0.2, 0) is 6.54 Å². The van der Waals surface area contributed by atoms with E-state index in [1.54, 1.807) is 18.4 Å². The van der Waals surface area contributed by atoms with Crippen LogP contribution in [0.2, 0.25) is 0 Å². The van der Waals surface area contributed by atoms with Gasteiger partial charge in [0.1, 0.15) is 0 Å². The molecule has 0 spiro atoms. The standard InChI is InChI=1S/C15H24F3N5S.HI/c1-11-21-13(9-24-11)8-22(3)14(19-2)20-6-12-4-5-23(7-12)10-15(16,17)18;/h9,12H,4-8,10H2,1-3H3,(H,19,20);1H. The summed E-state index contributed by atoms with van der Waals surface area (Å²) in [5.41, 5.74) is 0.986. The first-order valence-corrected chi connectivity index (χ1v) is 8.76. The van der Waals surface area contributed by atoms with Crippen molar-refractivity contribution in [3.8, 4) is 0 Å². The molecule has 144 valence electrons. The number of nitrogens with one attached hydrogen (secondary N) is 1. The molecular formula is C15H25F3IN5S. The van der Waals surface area contributed by atoms with Crippen molar-refractivity contribution in [3.05, 3.63) is 16.1 Å². The van der Waals surface area contributed by atoms with Gasteiger partial charge in [0.25, 0.3) is 0 Å². The van der Waals surface area contributed by atoms with Crippen LogP contribution < -0.4 is 5.32 Å². The van der Waals surface area contributed by atoms with Crippen molar-refractivity contribution in [3.63, 3.8) is 0 Å². The molecule has 0 bridgehead atoms. The maximum absolute atomic E-state index is 12.4. The van der Waals surface area contributed by atoms with Gasteiger partial charge in [-0.1, -0.05) is 0 Å². The van der Waals surface area contributed by atoms with E-state index >= 15 is 0 Å². The zero-order chi connectivity index (χ0) is 17.7. The van der Waals surface area contributed by atoms with E-state index in [1.165, 1.54) is 4.90 Å². The summed E-state index contributed by atoms with van der Waals surface area (Å²) in [6.07, 6.45) is -3.35. The highest BCUT2D eigenvalue weighted by Crippen LogP contribution is 2.22. The molecule has 2 heterocycles. The number of thiazole rings is 1. The Kier molecular flexibility index (Phi) is 8.89. The quantitative estimate of drug-likeness (QED) is 0.391. The Bertz CT molecular complexity index is 564. The Morgan fingerprint density at radius 3 is 2.80 bits per heavy atom. The van der Waals surface area contributed by atoms with Gasteiger partial charge < -0.3 is 10.2 Å². The predicted molar refractivity (Wildman–Crippen MR) is 106 cm³/mol. The molecule has 1 unspecified atom stereocenters. The summed E-state index contributed by atoms with van der Waals surface area (Å²) in [7, 11) is 3.63. The lowest BCUT2D eigenvalue weighted by molar-refractivity contribution is -0.143. The van der Waals surface area contributed by atoms with E-state index in [0.29, 0.717) is 26.2 Å². The number of likely N-dealkylation sites (tertiary alicyclic amines) is 1. The van der Waals surface area contributed by atoms with Crippen LogP contribution >= 0.6 is 35.3 Å². The van der Waals surface area contributed by atoms with E-state index < -0.39 is 12.7 Å². The van der Waals surface area contributed by atoms with E-state index in [2.05, 4.69) is 15.3 Å². The largest absolute Gasteiger partial charge is 0.401 e. The lowest BCUT2D eigenvalue weighted by Gasteiger charge is -2.23. The first-order valence-electron chi connectivity index (χ1n) is 7.88. The molecule has 1 aliphatic heterocycles. The number of guanidine groups is 1. The van der Waals surface area contributed by atoms with Crippen LogP contribution in [0.4, 0.5) is 13.2 Å². The Morgan fingerprint density at radius 1 is 1.52 bits per heavy atom. The number of hydrogen-bond donors (Lipinski definition) is 1. The first-order chi connectivity index (χ1) is 11.3. The fraction of sp³-hybridized carbons (Fsp3) is 0.733. The number of nitrogens with zero attached hydrogens (tertiary/aromatic N) is 4. The average Bonchev–Trinajstić information content (AvgIpc) is 3.07. The zero-order valence-corrected chi connectivity index (χ0v) is 17.8. The van der Waals surface area contributed by atoms with Gasteiger partial charge in [-0.25, -0.2) is 4.98 Å². The SMILES string of the molecule is CN=C(NCC1CCN(CC(F)(F)F)C1)N(C)Cc1csc(C)n1.I. The number of aliphatic imine (C=N–C) groups is 1. The van der Waals surface area contributed by atoms with Gasteiger partial charge in [-0.05, 0) is 25.8 Å². The number of aromatic nitrogens is 1. The maximum atomic E-state index is 12.4. The Labute approximate surface area is 167 Å². The smallest absolute Gasteiger partial charge is 0.356 e. The summed E-state index contributed by atoms with van der Waals surface area (Å²) >= 11 is 1.61. The van der Waals surface area contributed by atoms with Gasteiger partial charge in [0.05, 0.1) is 23.8 Å². The van der Waals surface area contributed by atoms with Gasteiger partial charge in [0.2, 0.25) is 0 Å². The van der Waals surface area contributed by atoms with E-state index in [0.717, 1.165) is 23.1 Å². The molecule has 0 radical (unpaired) electrons. The minimum atomic E-state index is -4.12. The molecule has 2 rings (SSSR count). The molecule has 0 aliphatic carbocycles. The second kappa shape index (κ2) is 9.91. The lowest BCUT2D eigenvalue weighted by Crippen LogP contribution is -2.41. The van der Waals surface area contributed by atoms with Crippen LogP contribution in [0.5, 0.6) is 0 Å². The van der Waals surface area contributed by atoms with Crippen LogP contribution in [0, 0.1) is 12.8 Å². The fourth-order valence-electron chi connectivity index (χ4n) is 2.90. The van der Waals surface area contributed by atoms with Gasteiger partial charge in [0, 0.05) is 32.6 Å². The molecule has 0 aromatic carbocycles. The average molecular weight is 491 g/mol. The molecule has 10 heteroatoms. The van der Waals surface area contributed by atoms with Crippen LogP contribution in [0.25, 0.3) is 0 Å². The summed E-state index contributed by atoms with van der Waals surface area (Å²) in [5.74, 6) is 0.939. The summed E-state index contributed by atoms with van der Waals surface area (Å²) in [6, 6.07) is 0. The Balaban J connectivity index is 0.00000312. The van der Waals surface area contributed by atoms with Crippen LogP contribution in [0.3, 0.4) is 0 Å². The highest BCUT2D eigenvalue weighted by atomic mass is 127. The highest BCUT2D eigenvalue weighted by Gasteiger charge is 2.34. The second-order valence-electron chi connectivity index (χ2n) is 6.15. The lowest BCUT2D eigenvalue weighted by atomic mass is 10.1. The second-order valence-corrected chi connectivity index (χ2v) is 7.21. The molecule has 1 fully saturated rings. The minimum absolute atomic E-state index is 0. The number of alkyl halides is 3. The van der Waals surface area contributed by atoms with E-state index in [4.69, 9.17) is 0 Å². The Morgan fingerprint density at radius 2 is 2.24 bits per heavy atom. The van der Waals surface area contributed by atoms with Crippen LogP contribution in [-0.4, -0.2) is 67.2 Å². The molecule has 25 heavy (non-hydrogen) atoms. The fourth-order valence-corrected chi connectivity index (χ4v) is 3.50. The molecule has 0 saturated carbocycles. The summed E-state index contributed by atoms with van der Waals surface area (Å²) in [5, 5.41) is 6.31. The molecule has 1 atom stereocenters. The molecule has 1 aromatic rings. The topological polar surface area (TPSA) is 43.8 Å². The first kappa shape index (κ1) is 22.4. The zero-order valence-electron chi connectivity index (χ0n) is 14.6. The van der Waals surface area contributed by atoms with Crippen molar-refractivity contribution < 1.29 is 13.2 Å². The molecule has 1 aliphatic rings. The normalized spacial score (nSPS) is 19.0. The molecule has 0 amide bonds. The third-order valence-electron chi connectivity index (χ3n) is 3.96. The summed E-state index contributed by atoms with van der Waals surface area (Å²) in [6.45, 7) is 3.39. The van der Waals surface area contributed by atoms with Gasteiger partial charge in [-0.3, -0.25) is 9.89 Å². The predicted octanol–water partition coefficient (Wildman–Crippen LogP) is 2.96. The molecule has 1 aromatic heterocycles. The molecule has 1 saturated heterocycles. The maximum Gasteiger partial charge on any atom is 0.401 e. The third-order valence-corrected chi connectivity index (χ3v) is 4.78. The summed E-state index contributed by atoms with van der Waals surface area (Å²) in [4.78, 5) is 12.1. The van der Waals surface area contributed by atoms with Crippen molar-refractivity contribution in [2.24, 2.45) is 10.9 Å². The van der Waals surface area contributed by atoms with E-state index in [9.17, 15) is 13.2 Å². The number of rotatable bonds is 5. The molecule has 5 nitrogen and oxygen atoms in total. The van der Waals surface area contributed by atoms with E-state index in [1.807, 2.05) is 24.3 Å². The number of halogens is 4. The summed E-state index contributed by atoms with van der Waals surface area (Å²) < 4.78 is 37.3. The van der Waals surface area contributed by atoms with E-state index in [-0.39, 0.29) is 29.9 Å². The highest BCUT2D eigenvalue weighted by molar-refractivity contribution is 14.0. The van der Waals surface area contributed by atoms with Crippen molar-refractivity contribution in [2.45, 2.75) is 26.1 Å². The number of aryl methyl sites for hydroxylation is 1. The van der Waals surface area contributed by atoms with Crippen LogP contribution in [0.1, 0.15) is 17.1 Å². The Hall–Kier alpha value is -0.620. The molecular weight excluding hydrogens is 466 g/mol. The van der Waals surface area contributed by atoms with Crippen molar-refractivity contribution in [1.29, 1.82) is 0 Å². The van der Waals surface area contributed by atoms with Gasteiger partial charge >= 0.3 is 6.18 Å². The van der Waals surface area contributed by atoms with Crippen molar-refractivity contribution in [1.82, 2.24) is 20.1 Å². The third kappa shape index (κ3) is 7.65. The van der Waals surface area contributed by atoms with Crippen molar-refractivity contribution >= 4 is 41.3 Å². The van der Waals surface area contributed by atoms with Gasteiger partial charge in [-0.15, -0.1) is 35.3 Å². The van der Waals surface area contributed by atoms with Gasteiger partial charge in [0.15, 0.2) is 5.96 Å². The monoisotopic (exact) mass is 491 g/mol. The van der Waals surface area contributed by atoms with Crippen molar-refractivity contribution in [2.75, 3.05) is 40.3 Å².